The summed E-state index contributed by atoms with van der Waals surface area (Å²) in [7, 11) is 3.46. The maximum atomic E-state index is 5.61. The third-order valence-corrected chi connectivity index (χ3v) is 4.64. The van der Waals surface area contributed by atoms with E-state index in [1.54, 1.807) is 14.2 Å². The number of rotatable bonds is 5. The van der Waals surface area contributed by atoms with Crippen LogP contribution < -0.4 is 9.47 Å². The monoisotopic (exact) mass is 311 g/mol. The highest BCUT2D eigenvalue weighted by atomic mass is 16.5. The Kier molecular flexibility index (Phi) is 5.19. The van der Waals surface area contributed by atoms with E-state index in [1.807, 2.05) is 12.1 Å². The molecule has 2 aromatic carbocycles. The topological polar surface area (TPSA) is 21.7 Å². The quantitative estimate of drug-likeness (QED) is 0.815. The van der Waals surface area contributed by atoms with Crippen molar-refractivity contribution in [1.29, 1.82) is 0 Å². The van der Waals surface area contributed by atoms with Crippen LogP contribution in [0.3, 0.4) is 0 Å². The van der Waals surface area contributed by atoms with Crippen molar-refractivity contribution < 1.29 is 9.47 Å². The molecule has 0 bridgehead atoms. The van der Waals surface area contributed by atoms with Gasteiger partial charge in [0.15, 0.2) is 0 Å². The molecule has 0 aliphatic carbocycles. The van der Waals surface area contributed by atoms with Crippen molar-refractivity contribution in [3.8, 4) is 11.5 Å². The van der Waals surface area contributed by atoms with Gasteiger partial charge in [0.2, 0.25) is 0 Å². The number of benzene rings is 2. The molecule has 1 aliphatic rings. The first-order chi connectivity index (χ1) is 11.3. The number of nitrogens with zero attached hydrogens (tertiary/aromatic N) is 1. The zero-order chi connectivity index (χ0) is 16.1. The number of piperidine rings is 1. The van der Waals surface area contributed by atoms with Gasteiger partial charge in [0.05, 0.1) is 14.2 Å². The zero-order valence-electron chi connectivity index (χ0n) is 14.0. The summed E-state index contributed by atoms with van der Waals surface area (Å²) in [4.78, 5) is 2.57. The van der Waals surface area contributed by atoms with E-state index in [2.05, 4.69) is 41.3 Å². The molecule has 0 radical (unpaired) electrons. The zero-order valence-corrected chi connectivity index (χ0v) is 14.0. The van der Waals surface area contributed by atoms with Crippen LogP contribution in [0.4, 0.5) is 0 Å². The lowest BCUT2D eigenvalue weighted by atomic mass is 9.93. The second-order valence-corrected chi connectivity index (χ2v) is 6.08. The van der Waals surface area contributed by atoms with Gasteiger partial charge in [-0.2, -0.15) is 0 Å². The molecule has 3 rings (SSSR count). The van der Waals surface area contributed by atoms with E-state index in [9.17, 15) is 0 Å². The molecule has 0 N–H and O–H groups in total. The summed E-state index contributed by atoms with van der Waals surface area (Å²) in [5.41, 5.74) is 2.60. The SMILES string of the molecule is COc1ccc(OC)c([C@H]2CCCCN2Cc2ccccc2)c1. The van der Waals surface area contributed by atoms with Crippen LogP contribution in [0.5, 0.6) is 11.5 Å². The van der Waals surface area contributed by atoms with Gasteiger partial charge in [-0.1, -0.05) is 36.8 Å². The maximum Gasteiger partial charge on any atom is 0.123 e. The second kappa shape index (κ2) is 7.51. The van der Waals surface area contributed by atoms with E-state index in [4.69, 9.17) is 9.47 Å². The normalized spacial score (nSPS) is 18.6. The van der Waals surface area contributed by atoms with Crippen molar-refractivity contribution >= 4 is 0 Å². The molecule has 0 saturated carbocycles. The van der Waals surface area contributed by atoms with Crippen LogP contribution in [0.1, 0.15) is 36.4 Å². The first-order valence-electron chi connectivity index (χ1n) is 8.31. The van der Waals surface area contributed by atoms with Crippen LogP contribution in [-0.4, -0.2) is 25.7 Å². The van der Waals surface area contributed by atoms with Crippen molar-refractivity contribution in [3.05, 3.63) is 59.7 Å². The molecule has 0 aromatic heterocycles. The van der Waals surface area contributed by atoms with E-state index in [1.165, 1.54) is 24.0 Å². The van der Waals surface area contributed by atoms with Crippen LogP contribution in [0, 0.1) is 0 Å². The highest BCUT2D eigenvalue weighted by Gasteiger charge is 2.26. The number of methoxy groups -OCH3 is 2. The predicted octanol–water partition coefficient (Wildman–Crippen LogP) is 4.43. The fraction of sp³-hybridized carbons (Fsp3) is 0.400. The molecule has 0 amide bonds. The summed E-state index contributed by atoms with van der Waals surface area (Å²) in [5.74, 6) is 1.85. The lowest BCUT2D eigenvalue weighted by molar-refractivity contribution is 0.137. The molecule has 0 unspecified atom stereocenters. The van der Waals surface area contributed by atoms with E-state index < -0.39 is 0 Å². The smallest absolute Gasteiger partial charge is 0.123 e. The van der Waals surface area contributed by atoms with Crippen LogP contribution in [0.2, 0.25) is 0 Å². The number of hydrogen-bond acceptors (Lipinski definition) is 3. The minimum Gasteiger partial charge on any atom is -0.497 e. The number of likely N-dealkylation sites (tertiary alicyclic amines) is 1. The first-order valence-corrected chi connectivity index (χ1v) is 8.31. The Morgan fingerprint density at radius 2 is 1.83 bits per heavy atom. The molecular formula is C20H25NO2. The summed E-state index contributed by atoms with van der Waals surface area (Å²) < 4.78 is 11.0. The fourth-order valence-electron chi connectivity index (χ4n) is 3.45. The van der Waals surface area contributed by atoms with Gasteiger partial charge >= 0.3 is 0 Å². The number of hydrogen-bond donors (Lipinski definition) is 0. The molecule has 0 spiro atoms. The highest BCUT2D eigenvalue weighted by molar-refractivity contribution is 5.42. The summed E-state index contributed by atoms with van der Waals surface area (Å²) >= 11 is 0. The Balaban J connectivity index is 1.89. The standard InChI is InChI=1S/C20H25NO2/c1-22-17-11-12-20(23-2)18(14-17)19-10-6-7-13-21(19)15-16-8-4-3-5-9-16/h3-5,8-9,11-12,14,19H,6-7,10,13,15H2,1-2H3/t19-/m1/s1. The molecule has 3 nitrogen and oxygen atoms in total. The van der Waals surface area contributed by atoms with Crippen molar-refractivity contribution in [3.63, 3.8) is 0 Å². The molecule has 3 heteroatoms. The second-order valence-electron chi connectivity index (χ2n) is 6.08. The van der Waals surface area contributed by atoms with E-state index in [0.29, 0.717) is 6.04 Å². The summed E-state index contributed by atoms with van der Waals surface area (Å²) in [6, 6.07) is 17.2. The van der Waals surface area contributed by atoms with Crippen LogP contribution in [0.15, 0.2) is 48.5 Å². The van der Waals surface area contributed by atoms with Gasteiger partial charge in [0, 0.05) is 18.2 Å². The highest BCUT2D eigenvalue weighted by Crippen LogP contribution is 2.38. The Bertz CT molecular complexity index is 627. The number of ether oxygens (including phenoxy) is 2. The minimum absolute atomic E-state index is 0.383. The molecule has 1 atom stereocenters. The third-order valence-electron chi connectivity index (χ3n) is 4.64. The first kappa shape index (κ1) is 15.9. The van der Waals surface area contributed by atoms with Gasteiger partial charge in [-0.3, -0.25) is 4.90 Å². The van der Waals surface area contributed by atoms with Crippen molar-refractivity contribution in [1.82, 2.24) is 4.90 Å². The average molecular weight is 311 g/mol. The van der Waals surface area contributed by atoms with Gasteiger partial charge < -0.3 is 9.47 Å². The van der Waals surface area contributed by atoms with E-state index in [0.717, 1.165) is 31.0 Å². The summed E-state index contributed by atoms with van der Waals surface area (Å²) in [6.07, 6.45) is 3.68. The molecule has 1 fully saturated rings. The minimum atomic E-state index is 0.383. The van der Waals surface area contributed by atoms with Crippen molar-refractivity contribution in [2.24, 2.45) is 0 Å². The van der Waals surface area contributed by atoms with E-state index >= 15 is 0 Å². The lowest BCUT2D eigenvalue weighted by Gasteiger charge is -2.36. The molecule has 23 heavy (non-hydrogen) atoms. The fourth-order valence-corrected chi connectivity index (χ4v) is 3.45. The van der Waals surface area contributed by atoms with Crippen molar-refractivity contribution in [2.75, 3.05) is 20.8 Å². The molecule has 1 aliphatic heterocycles. The van der Waals surface area contributed by atoms with Crippen LogP contribution >= 0.6 is 0 Å². The molecule has 1 saturated heterocycles. The Labute approximate surface area is 138 Å². The van der Waals surface area contributed by atoms with Crippen molar-refractivity contribution in [2.45, 2.75) is 31.8 Å². The summed E-state index contributed by atoms with van der Waals surface area (Å²) in [6.45, 7) is 2.10. The maximum absolute atomic E-state index is 5.61. The molecule has 122 valence electrons. The third kappa shape index (κ3) is 3.67. The average Bonchev–Trinajstić information content (AvgIpc) is 2.62. The lowest BCUT2D eigenvalue weighted by Crippen LogP contribution is -2.33. The van der Waals surface area contributed by atoms with Crippen LogP contribution in [0.25, 0.3) is 0 Å². The van der Waals surface area contributed by atoms with E-state index in [-0.39, 0.29) is 0 Å². The molecule has 1 heterocycles. The molecular weight excluding hydrogens is 286 g/mol. The van der Waals surface area contributed by atoms with Crippen LogP contribution in [-0.2, 0) is 6.54 Å². The summed E-state index contributed by atoms with van der Waals surface area (Å²) in [5, 5.41) is 0. The van der Waals surface area contributed by atoms with Gasteiger partial charge in [-0.05, 0) is 43.1 Å². The van der Waals surface area contributed by atoms with Gasteiger partial charge in [-0.25, -0.2) is 0 Å². The predicted molar refractivity (Wildman–Crippen MR) is 93.0 cm³/mol. The Morgan fingerprint density at radius 1 is 1.00 bits per heavy atom. The van der Waals surface area contributed by atoms with Gasteiger partial charge in [0.1, 0.15) is 11.5 Å². The largest absolute Gasteiger partial charge is 0.497 e. The van der Waals surface area contributed by atoms with Gasteiger partial charge in [-0.15, -0.1) is 0 Å². The molecule has 2 aromatic rings. The Morgan fingerprint density at radius 3 is 2.57 bits per heavy atom. The van der Waals surface area contributed by atoms with Gasteiger partial charge in [0.25, 0.3) is 0 Å². The Hall–Kier alpha value is -2.00.